The molecule has 0 bridgehead atoms. The van der Waals surface area contributed by atoms with Crippen molar-refractivity contribution in [1.82, 2.24) is 0 Å². The first-order chi connectivity index (χ1) is 7.13. The number of nitro groups is 1. The number of benzene rings is 1. The molecule has 0 fully saturated rings. The van der Waals surface area contributed by atoms with E-state index in [0.29, 0.717) is 10.2 Å². The quantitative estimate of drug-likeness (QED) is 0.370. The minimum atomic E-state index is -0.475. The van der Waals surface area contributed by atoms with Gasteiger partial charge < -0.3 is 9.47 Å². The molecular weight excluding hydrogens is 313 g/mol. The molecule has 0 unspecified atom stereocenters. The molecule has 0 N–H and O–H groups in total. The van der Waals surface area contributed by atoms with Gasteiger partial charge >= 0.3 is 5.69 Å². The molecule has 15 heavy (non-hydrogen) atoms. The molecule has 1 aromatic rings. The highest BCUT2D eigenvalue weighted by Crippen LogP contribution is 2.38. The van der Waals surface area contributed by atoms with Crippen LogP contribution in [0.2, 0.25) is 0 Å². The highest BCUT2D eigenvalue weighted by molar-refractivity contribution is 14.1. The fourth-order valence-electron chi connectivity index (χ4n) is 1.21. The standard InChI is InChI=1S/C9H10INO4/c1-14-8-4-6(5-10)3-7(11(12)13)9(8)15-2/h3-4H,5H2,1-2H3. The molecule has 0 saturated heterocycles. The molecule has 0 amide bonds. The van der Waals surface area contributed by atoms with Crippen LogP contribution < -0.4 is 9.47 Å². The Morgan fingerprint density at radius 1 is 1.40 bits per heavy atom. The van der Waals surface area contributed by atoms with E-state index in [0.717, 1.165) is 5.56 Å². The summed E-state index contributed by atoms with van der Waals surface area (Å²) in [5.74, 6) is 0.550. The van der Waals surface area contributed by atoms with Gasteiger partial charge in [-0.1, -0.05) is 22.6 Å². The fraction of sp³-hybridized carbons (Fsp3) is 0.333. The van der Waals surface area contributed by atoms with Crippen LogP contribution in [0.15, 0.2) is 12.1 Å². The Morgan fingerprint density at radius 2 is 2.07 bits per heavy atom. The van der Waals surface area contributed by atoms with Crippen LogP contribution in [0.1, 0.15) is 5.56 Å². The van der Waals surface area contributed by atoms with Gasteiger partial charge in [0.05, 0.1) is 19.1 Å². The molecule has 0 aliphatic rings. The van der Waals surface area contributed by atoms with E-state index in [2.05, 4.69) is 22.6 Å². The molecule has 5 nitrogen and oxygen atoms in total. The molecule has 0 radical (unpaired) electrons. The van der Waals surface area contributed by atoms with Crippen LogP contribution in [0.3, 0.4) is 0 Å². The van der Waals surface area contributed by atoms with Gasteiger partial charge in [-0.05, 0) is 11.6 Å². The molecule has 0 saturated carbocycles. The van der Waals surface area contributed by atoms with Crippen molar-refractivity contribution >= 4 is 28.3 Å². The predicted octanol–water partition coefficient (Wildman–Crippen LogP) is 2.55. The molecule has 0 heterocycles. The molecule has 0 spiro atoms. The van der Waals surface area contributed by atoms with Crippen molar-refractivity contribution in [2.45, 2.75) is 4.43 Å². The summed E-state index contributed by atoms with van der Waals surface area (Å²) in [4.78, 5) is 10.3. The van der Waals surface area contributed by atoms with Crippen LogP contribution >= 0.6 is 22.6 Å². The second-order valence-corrected chi connectivity index (χ2v) is 3.50. The number of hydrogen-bond acceptors (Lipinski definition) is 4. The second kappa shape index (κ2) is 5.15. The molecular formula is C9H10INO4. The number of rotatable bonds is 4. The lowest BCUT2D eigenvalue weighted by atomic mass is 10.2. The van der Waals surface area contributed by atoms with E-state index in [1.807, 2.05) is 0 Å². The summed E-state index contributed by atoms with van der Waals surface area (Å²) in [7, 11) is 2.84. The summed E-state index contributed by atoms with van der Waals surface area (Å²) in [6.07, 6.45) is 0. The summed E-state index contributed by atoms with van der Waals surface area (Å²) in [5, 5.41) is 10.8. The maximum atomic E-state index is 10.8. The smallest absolute Gasteiger partial charge is 0.315 e. The van der Waals surface area contributed by atoms with Crippen LogP contribution in [0.25, 0.3) is 0 Å². The fourth-order valence-corrected chi connectivity index (χ4v) is 1.65. The zero-order chi connectivity index (χ0) is 11.4. The van der Waals surface area contributed by atoms with Crippen molar-refractivity contribution in [3.63, 3.8) is 0 Å². The molecule has 0 aromatic heterocycles. The monoisotopic (exact) mass is 323 g/mol. The van der Waals surface area contributed by atoms with Crippen LogP contribution in [-0.2, 0) is 4.43 Å². The van der Waals surface area contributed by atoms with Crippen LogP contribution in [0, 0.1) is 10.1 Å². The van der Waals surface area contributed by atoms with Crippen molar-refractivity contribution in [1.29, 1.82) is 0 Å². The van der Waals surface area contributed by atoms with Gasteiger partial charge in [0.25, 0.3) is 0 Å². The average Bonchev–Trinajstić information content (AvgIpc) is 2.26. The number of methoxy groups -OCH3 is 2. The van der Waals surface area contributed by atoms with Gasteiger partial charge in [-0.3, -0.25) is 10.1 Å². The Balaban J connectivity index is 3.39. The maximum absolute atomic E-state index is 10.8. The third-order valence-electron chi connectivity index (χ3n) is 1.87. The zero-order valence-electron chi connectivity index (χ0n) is 8.32. The van der Waals surface area contributed by atoms with Gasteiger partial charge in [-0.2, -0.15) is 0 Å². The lowest BCUT2D eigenvalue weighted by Crippen LogP contribution is -1.98. The van der Waals surface area contributed by atoms with Gasteiger partial charge in [0.15, 0.2) is 5.75 Å². The van der Waals surface area contributed by atoms with Crippen LogP contribution in [0.4, 0.5) is 5.69 Å². The van der Waals surface area contributed by atoms with Crippen LogP contribution in [-0.4, -0.2) is 19.1 Å². The van der Waals surface area contributed by atoms with Gasteiger partial charge in [-0.25, -0.2) is 0 Å². The largest absolute Gasteiger partial charge is 0.493 e. The Bertz CT molecular complexity index is 381. The Hall–Kier alpha value is -1.05. The second-order valence-electron chi connectivity index (χ2n) is 2.74. The van der Waals surface area contributed by atoms with Gasteiger partial charge in [0.2, 0.25) is 5.75 Å². The van der Waals surface area contributed by atoms with Gasteiger partial charge in [-0.15, -0.1) is 0 Å². The molecule has 1 rings (SSSR count). The Kier molecular flexibility index (Phi) is 4.13. The van der Waals surface area contributed by atoms with E-state index >= 15 is 0 Å². The minimum Gasteiger partial charge on any atom is -0.493 e. The average molecular weight is 323 g/mol. The van der Waals surface area contributed by atoms with E-state index in [9.17, 15) is 10.1 Å². The first-order valence-electron chi connectivity index (χ1n) is 4.09. The van der Waals surface area contributed by atoms with Crippen molar-refractivity contribution in [3.05, 3.63) is 27.8 Å². The molecule has 0 aliphatic heterocycles. The Labute approximate surface area is 101 Å². The van der Waals surface area contributed by atoms with E-state index in [1.165, 1.54) is 20.3 Å². The Morgan fingerprint density at radius 3 is 2.47 bits per heavy atom. The number of ether oxygens (including phenoxy) is 2. The topological polar surface area (TPSA) is 61.6 Å². The third kappa shape index (κ3) is 2.49. The summed E-state index contributed by atoms with van der Waals surface area (Å²) < 4.78 is 10.7. The van der Waals surface area contributed by atoms with Crippen molar-refractivity contribution in [2.75, 3.05) is 14.2 Å². The van der Waals surface area contributed by atoms with Gasteiger partial charge in [0.1, 0.15) is 0 Å². The molecule has 1 aromatic carbocycles. The minimum absolute atomic E-state index is 0.0662. The number of nitrogens with zero attached hydrogens (tertiary/aromatic N) is 1. The van der Waals surface area contributed by atoms with Crippen molar-refractivity contribution in [2.24, 2.45) is 0 Å². The summed E-state index contributed by atoms with van der Waals surface area (Å²) in [6, 6.07) is 3.23. The highest BCUT2D eigenvalue weighted by atomic mass is 127. The van der Waals surface area contributed by atoms with Crippen molar-refractivity contribution in [3.8, 4) is 11.5 Å². The summed E-state index contributed by atoms with van der Waals surface area (Å²) in [6.45, 7) is 0. The summed E-state index contributed by atoms with van der Waals surface area (Å²) >= 11 is 2.13. The molecule has 0 atom stereocenters. The SMILES string of the molecule is COc1cc(CI)cc([N+](=O)[O-])c1OC. The van der Waals surface area contributed by atoms with E-state index in [4.69, 9.17) is 9.47 Å². The zero-order valence-corrected chi connectivity index (χ0v) is 10.5. The maximum Gasteiger partial charge on any atom is 0.315 e. The first-order valence-corrected chi connectivity index (χ1v) is 5.61. The number of hydrogen-bond donors (Lipinski definition) is 0. The normalized spacial score (nSPS) is 9.80. The molecule has 6 heteroatoms. The number of alkyl halides is 1. The summed E-state index contributed by atoms with van der Waals surface area (Å²) in [5.41, 5.74) is 0.767. The first kappa shape index (κ1) is 12.0. The third-order valence-corrected chi connectivity index (χ3v) is 2.75. The molecule has 82 valence electrons. The van der Waals surface area contributed by atoms with Crippen molar-refractivity contribution < 1.29 is 14.4 Å². The number of nitro benzene ring substituents is 1. The predicted molar refractivity (Wildman–Crippen MR) is 63.9 cm³/mol. The van der Waals surface area contributed by atoms with Gasteiger partial charge in [0, 0.05) is 10.5 Å². The van der Waals surface area contributed by atoms with E-state index < -0.39 is 4.92 Å². The van der Waals surface area contributed by atoms with E-state index in [-0.39, 0.29) is 11.4 Å². The highest BCUT2D eigenvalue weighted by Gasteiger charge is 2.20. The van der Waals surface area contributed by atoms with E-state index in [1.54, 1.807) is 6.07 Å². The van der Waals surface area contributed by atoms with Crippen LogP contribution in [0.5, 0.6) is 11.5 Å². The lowest BCUT2D eigenvalue weighted by molar-refractivity contribution is -0.385. The number of halogens is 1. The lowest BCUT2D eigenvalue weighted by Gasteiger charge is -2.09. The molecule has 0 aliphatic carbocycles.